The van der Waals surface area contributed by atoms with Crippen LogP contribution in [0, 0.1) is 24.7 Å². The third-order valence-electron chi connectivity index (χ3n) is 6.24. The smallest absolute Gasteiger partial charge is 0.229 e. The van der Waals surface area contributed by atoms with E-state index in [0.29, 0.717) is 35.8 Å². The monoisotopic (exact) mass is 438 g/mol. The molecule has 1 aliphatic carbocycles. The molecule has 2 fully saturated rings. The van der Waals surface area contributed by atoms with Crippen molar-refractivity contribution in [2.24, 2.45) is 17.8 Å². The van der Waals surface area contributed by atoms with E-state index < -0.39 is 10.0 Å². The maximum absolute atomic E-state index is 12.7. The normalized spacial score (nSPS) is 23.0. The van der Waals surface area contributed by atoms with E-state index in [4.69, 9.17) is 5.73 Å². The van der Waals surface area contributed by atoms with Crippen molar-refractivity contribution in [3.8, 4) is 11.3 Å². The van der Waals surface area contributed by atoms with Crippen LogP contribution in [0.4, 0.5) is 11.6 Å². The first-order valence-electron chi connectivity index (χ1n) is 9.95. The number of sulfonamides is 1. The Morgan fingerprint density at radius 2 is 1.97 bits per heavy atom. The van der Waals surface area contributed by atoms with Gasteiger partial charge in [-0.1, -0.05) is 0 Å². The molecule has 1 amide bonds. The molecule has 3 N–H and O–H groups in total. The van der Waals surface area contributed by atoms with Crippen LogP contribution in [0.3, 0.4) is 0 Å². The lowest BCUT2D eigenvalue weighted by Crippen LogP contribution is -2.32. The van der Waals surface area contributed by atoms with Gasteiger partial charge in [0.25, 0.3) is 0 Å². The van der Waals surface area contributed by atoms with E-state index in [1.54, 1.807) is 24.7 Å². The van der Waals surface area contributed by atoms with Crippen molar-refractivity contribution >= 4 is 38.3 Å². The molecule has 0 bridgehead atoms. The van der Waals surface area contributed by atoms with E-state index in [2.05, 4.69) is 20.3 Å². The second-order valence-corrected chi connectivity index (χ2v) is 10.3. The minimum Gasteiger partial charge on any atom is -0.383 e. The molecule has 10 heteroatoms. The standard InChI is InChI=1S/C21H22N6O3S/c1-11-3-4-23-7-13(11)17-5-12-6-18(24-8-14(12)20(22)25-17)26-21(28)19-15-9-27(10-16(15)19)31(2,29)30/h3-8,15-16,19H,9-10H2,1-2H3,(H2,22,25)(H,24,26,28). The van der Waals surface area contributed by atoms with Gasteiger partial charge in [-0.2, -0.15) is 0 Å². The number of amides is 1. The molecule has 4 heterocycles. The molecule has 2 unspecified atom stereocenters. The number of pyridine rings is 3. The van der Waals surface area contributed by atoms with Gasteiger partial charge in [0.15, 0.2) is 0 Å². The summed E-state index contributed by atoms with van der Waals surface area (Å²) in [4.78, 5) is 25.7. The average Bonchev–Trinajstić information content (AvgIpc) is 3.20. The number of nitrogens with one attached hydrogen (secondary N) is 1. The fraction of sp³-hybridized carbons (Fsp3) is 0.333. The number of aromatic nitrogens is 3. The molecule has 9 nitrogen and oxygen atoms in total. The Morgan fingerprint density at radius 1 is 1.23 bits per heavy atom. The van der Waals surface area contributed by atoms with Gasteiger partial charge in [0.1, 0.15) is 11.6 Å². The first kappa shape index (κ1) is 19.8. The van der Waals surface area contributed by atoms with Gasteiger partial charge in [0.05, 0.1) is 11.9 Å². The highest BCUT2D eigenvalue weighted by atomic mass is 32.2. The Labute approximate surface area is 179 Å². The van der Waals surface area contributed by atoms with E-state index in [9.17, 15) is 13.2 Å². The summed E-state index contributed by atoms with van der Waals surface area (Å²) in [5, 5.41) is 4.40. The maximum Gasteiger partial charge on any atom is 0.229 e. The molecule has 160 valence electrons. The molecule has 0 radical (unpaired) electrons. The Kier molecular flexibility index (Phi) is 4.45. The lowest BCUT2D eigenvalue weighted by molar-refractivity contribution is -0.118. The van der Waals surface area contributed by atoms with Crippen LogP contribution in [0.5, 0.6) is 0 Å². The summed E-state index contributed by atoms with van der Waals surface area (Å²) >= 11 is 0. The van der Waals surface area contributed by atoms with E-state index in [0.717, 1.165) is 16.5 Å². The molecule has 1 saturated heterocycles. The van der Waals surface area contributed by atoms with Gasteiger partial charge >= 0.3 is 0 Å². The molecule has 0 spiro atoms. The van der Waals surface area contributed by atoms with Crippen LogP contribution >= 0.6 is 0 Å². The topological polar surface area (TPSA) is 131 Å². The molecule has 2 aliphatic rings. The van der Waals surface area contributed by atoms with Crippen molar-refractivity contribution in [1.82, 2.24) is 19.3 Å². The predicted molar refractivity (Wildman–Crippen MR) is 117 cm³/mol. The number of anilines is 2. The number of nitrogens with two attached hydrogens (primary N) is 1. The number of hydrogen-bond acceptors (Lipinski definition) is 7. The summed E-state index contributed by atoms with van der Waals surface area (Å²) in [6, 6.07) is 5.59. The highest BCUT2D eigenvalue weighted by Crippen LogP contribution is 2.52. The molecule has 1 aliphatic heterocycles. The van der Waals surface area contributed by atoms with Crippen molar-refractivity contribution in [2.45, 2.75) is 6.92 Å². The summed E-state index contributed by atoms with van der Waals surface area (Å²) in [6.45, 7) is 2.79. The minimum atomic E-state index is -3.20. The zero-order valence-corrected chi connectivity index (χ0v) is 17.9. The molecular weight excluding hydrogens is 416 g/mol. The first-order chi connectivity index (χ1) is 14.7. The van der Waals surface area contributed by atoms with Crippen LogP contribution in [0.15, 0.2) is 36.8 Å². The minimum absolute atomic E-state index is 0.0789. The fourth-order valence-electron chi connectivity index (χ4n) is 4.47. The largest absolute Gasteiger partial charge is 0.383 e. The molecule has 5 rings (SSSR count). The van der Waals surface area contributed by atoms with E-state index in [-0.39, 0.29) is 23.7 Å². The highest BCUT2D eigenvalue weighted by molar-refractivity contribution is 7.88. The lowest BCUT2D eigenvalue weighted by atomic mass is 10.1. The summed E-state index contributed by atoms with van der Waals surface area (Å²) in [7, 11) is -3.20. The number of carbonyl (C=O) groups excluding carboxylic acids is 1. The number of nitrogen functional groups attached to an aromatic ring is 1. The Morgan fingerprint density at radius 3 is 2.65 bits per heavy atom. The highest BCUT2D eigenvalue weighted by Gasteiger charge is 2.60. The van der Waals surface area contributed by atoms with Crippen molar-refractivity contribution in [3.63, 3.8) is 0 Å². The van der Waals surface area contributed by atoms with Gasteiger partial charge in [0.2, 0.25) is 15.9 Å². The van der Waals surface area contributed by atoms with Crippen molar-refractivity contribution in [3.05, 3.63) is 42.4 Å². The second-order valence-electron chi connectivity index (χ2n) is 8.30. The van der Waals surface area contributed by atoms with Crippen molar-refractivity contribution in [2.75, 3.05) is 30.4 Å². The van der Waals surface area contributed by atoms with Crippen LogP contribution in [0.25, 0.3) is 22.0 Å². The van der Waals surface area contributed by atoms with Crippen LogP contribution in [0.2, 0.25) is 0 Å². The predicted octanol–water partition coefficient (Wildman–Crippen LogP) is 1.66. The van der Waals surface area contributed by atoms with E-state index in [1.807, 2.05) is 19.1 Å². The Bertz CT molecular complexity index is 1310. The number of carbonyl (C=O) groups is 1. The zero-order chi connectivity index (χ0) is 21.9. The number of aryl methyl sites for hydroxylation is 1. The third kappa shape index (κ3) is 3.51. The van der Waals surface area contributed by atoms with Crippen molar-refractivity contribution < 1.29 is 13.2 Å². The van der Waals surface area contributed by atoms with Gasteiger partial charge < -0.3 is 11.1 Å². The molecule has 2 atom stereocenters. The molecule has 3 aromatic heterocycles. The number of rotatable bonds is 4. The number of piperidine rings is 1. The quantitative estimate of drug-likeness (QED) is 0.633. The van der Waals surface area contributed by atoms with E-state index in [1.165, 1.54) is 10.6 Å². The number of fused-ring (bicyclic) bond motifs is 2. The fourth-order valence-corrected chi connectivity index (χ4v) is 5.36. The maximum atomic E-state index is 12.7. The summed E-state index contributed by atoms with van der Waals surface area (Å²) < 4.78 is 24.8. The second kappa shape index (κ2) is 6.96. The molecule has 0 aromatic carbocycles. The molecular formula is C21H22N6O3S. The van der Waals surface area contributed by atoms with Gasteiger partial charge in [-0.15, -0.1) is 0 Å². The zero-order valence-electron chi connectivity index (χ0n) is 17.1. The molecule has 31 heavy (non-hydrogen) atoms. The number of nitrogens with zero attached hydrogens (tertiary/aromatic N) is 4. The average molecular weight is 439 g/mol. The molecule has 1 saturated carbocycles. The van der Waals surface area contributed by atoms with E-state index >= 15 is 0 Å². The third-order valence-corrected chi connectivity index (χ3v) is 7.48. The summed E-state index contributed by atoms with van der Waals surface area (Å²) in [5.74, 6) is 0.651. The first-order valence-corrected chi connectivity index (χ1v) is 11.8. The van der Waals surface area contributed by atoms with Crippen molar-refractivity contribution in [1.29, 1.82) is 0 Å². The van der Waals surface area contributed by atoms with Gasteiger partial charge in [-0.05, 0) is 47.9 Å². The Hall–Kier alpha value is -3.11. The van der Waals surface area contributed by atoms with Crippen LogP contribution < -0.4 is 11.1 Å². The SMILES string of the molecule is Cc1ccncc1-c1cc2cc(NC(=O)C3C4CN(S(C)(=O)=O)CC43)ncc2c(N)n1. The van der Waals surface area contributed by atoms with Crippen LogP contribution in [-0.4, -0.2) is 52.9 Å². The van der Waals surface area contributed by atoms with Crippen LogP contribution in [0.1, 0.15) is 5.56 Å². The van der Waals surface area contributed by atoms with Gasteiger partial charge in [-0.25, -0.2) is 22.7 Å². The van der Waals surface area contributed by atoms with Crippen LogP contribution in [-0.2, 0) is 14.8 Å². The van der Waals surface area contributed by atoms with Gasteiger partial charge in [-0.3, -0.25) is 9.78 Å². The van der Waals surface area contributed by atoms with Gasteiger partial charge in [0, 0.05) is 48.5 Å². The Balaban J connectivity index is 1.37. The lowest BCUT2D eigenvalue weighted by Gasteiger charge is -2.16. The number of hydrogen-bond donors (Lipinski definition) is 2. The summed E-state index contributed by atoms with van der Waals surface area (Å²) in [5.41, 5.74) is 8.78. The summed E-state index contributed by atoms with van der Waals surface area (Å²) in [6.07, 6.45) is 6.28. The molecule has 3 aromatic rings.